The third-order valence-electron chi connectivity index (χ3n) is 4.78. The first-order valence-corrected chi connectivity index (χ1v) is 9.25. The molecule has 1 fully saturated rings. The van der Waals surface area contributed by atoms with E-state index in [1.54, 1.807) is 12.4 Å². The summed E-state index contributed by atoms with van der Waals surface area (Å²) < 4.78 is 0. The van der Waals surface area contributed by atoms with Crippen LogP contribution < -0.4 is 10.6 Å². The van der Waals surface area contributed by atoms with E-state index in [0.717, 1.165) is 30.2 Å². The van der Waals surface area contributed by atoms with E-state index in [9.17, 15) is 4.79 Å². The second kappa shape index (κ2) is 8.76. The zero-order chi connectivity index (χ0) is 18.4. The highest BCUT2D eigenvalue weighted by atomic mass is 16.2. The van der Waals surface area contributed by atoms with E-state index in [1.807, 2.05) is 25.1 Å². The third-order valence-corrected chi connectivity index (χ3v) is 4.78. The summed E-state index contributed by atoms with van der Waals surface area (Å²) in [6, 6.07) is 8.45. The molecular weight excluding hydrogens is 326 g/mol. The van der Waals surface area contributed by atoms with Gasteiger partial charge in [-0.1, -0.05) is 18.6 Å². The van der Waals surface area contributed by atoms with Crippen LogP contribution in [0.1, 0.15) is 43.1 Å². The van der Waals surface area contributed by atoms with Gasteiger partial charge in [0.15, 0.2) is 0 Å². The van der Waals surface area contributed by atoms with E-state index < -0.39 is 0 Å². The minimum absolute atomic E-state index is 0.240. The van der Waals surface area contributed by atoms with Crippen molar-refractivity contribution in [3.8, 4) is 0 Å². The van der Waals surface area contributed by atoms with Crippen molar-refractivity contribution in [2.45, 2.75) is 52.2 Å². The van der Waals surface area contributed by atoms with Gasteiger partial charge < -0.3 is 10.6 Å². The number of piperidine rings is 1. The minimum atomic E-state index is -0.240. The predicted molar refractivity (Wildman–Crippen MR) is 103 cm³/mol. The summed E-state index contributed by atoms with van der Waals surface area (Å²) in [5.41, 5.74) is 3.62. The quantitative estimate of drug-likeness (QED) is 0.863. The van der Waals surface area contributed by atoms with Gasteiger partial charge >= 0.3 is 6.03 Å². The topological polar surface area (TPSA) is 70.2 Å². The molecule has 0 aliphatic carbocycles. The zero-order valence-corrected chi connectivity index (χ0v) is 15.5. The molecule has 1 aromatic carbocycles. The van der Waals surface area contributed by atoms with Gasteiger partial charge in [0.1, 0.15) is 0 Å². The van der Waals surface area contributed by atoms with Crippen molar-refractivity contribution >= 4 is 11.7 Å². The monoisotopic (exact) mass is 353 g/mol. The van der Waals surface area contributed by atoms with Gasteiger partial charge in [0.2, 0.25) is 0 Å². The summed E-state index contributed by atoms with van der Waals surface area (Å²) in [6.07, 6.45) is 7.23. The molecule has 1 aliphatic heterocycles. The van der Waals surface area contributed by atoms with Crippen LogP contribution in [0.25, 0.3) is 0 Å². The van der Waals surface area contributed by atoms with Gasteiger partial charge in [-0.25, -0.2) is 4.79 Å². The Labute approximate surface area is 155 Å². The second-order valence-electron chi connectivity index (χ2n) is 6.97. The first kappa shape index (κ1) is 18.3. The van der Waals surface area contributed by atoms with Gasteiger partial charge in [0.25, 0.3) is 0 Å². The second-order valence-corrected chi connectivity index (χ2v) is 6.97. The number of nitrogens with one attached hydrogen (secondary N) is 2. The van der Waals surface area contributed by atoms with Crippen molar-refractivity contribution in [2.24, 2.45) is 0 Å². The number of amides is 2. The Morgan fingerprint density at radius 2 is 2.15 bits per heavy atom. The number of benzene rings is 1. The maximum atomic E-state index is 12.1. The van der Waals surface area contributed by atoms with Crippen LogP contribution in [0, 0.1) is 6.92 Å². The van der Waals surface area contributed by atoms with Crippen molar-refractivity contribution in [3.63, 3.8) is 0 Å². The summed E-state index contributed by atoms with van der Waals surface area (Å²) in [5.74, 6) is 0. The Hall–Kier alpha value is -2.47. The van der Waals surface area contributed by atoms with E-state index in [-0.39, 0.29) is 6.03 Å². The minimum Gasteiger partial charge on any atom is -0.332 e. The normalized spacial score (nSPS) is 17.7. The summed E-state index contributed by atoms with van der Waals surface area (Å²) in [5, 5.41) is 5.71. The molecule has 0 unspecified atom stereocenters. The molecule has 1 saturated heterocycles. The van der Waals surface area contributed by atoms with Gasteiger partial charge in [-0.05, 0) is 50.9 Å². The Kier molecular flexibility index (Phi) is 6.17. The molecule has 1 aromatic heterocycles. The van der Waals surface area contributed by atoms with Crippen molar-refractivity contribution in [3.05, 3.63) is 53.6 Å². The molecule has 6 heteroatoms. The Morgan fingerprint density at radius 3 is 2.92 bits per heavy atom. The number of aryl methyl sites for hydroxylation is 1. The van der Waals surface area contributed by atoms with Crippen LogP contribution in [-0.2, 0) is 13.1 Å². The molecule has 3 rings (SSSR count). The number of rotatable bonds is 5. The third kappa shape index (κ3) is 5.26. The number of likely N-dealkylation sites (tertiary alicyclic amines) is 1. The fourth-order valence-electron chi connectivity index (χ4n) is 3.23. The highest BCUT2D eigenvalue weighted by molar-refractivity contribution is 5.89. The smallest absolute Gasteiger partial charge is 0.319 e. The maximum Gasteiger partial charge on any atom is 0.319 e. The summed E-state index contributed by atoms with van der Waals surface area (Å²) in [4.78, 5) is 23.0. The van der Waals surface area contributed by atoms with Crippen LogP contribution >= 0.6 is 0 Å². The van der Waals surface area contributed by atoms with Crippen molar-refractivity contribution in [1.29, 1.82) is 0 Å². The molecule has 1 aliphatic rings. The first-order valence-electron chi connectivity index (χ1n) is 9.25. The highest BCUT2D eigenvalue weighted by Gasteiger charge is 2.18. The zero-order valence-electron chi connectivity index (χ0n) is 15.5. The van der Waals surface area contributed by atoms with Crippen LogP contribution in [0.3, 0.4) is 0 Å². The fraction of sp³-hybridized carbons (Fsp3) is 0.450. The molecule has 0 bridgehead atoms. The number of hydrogen-bond donors (Lipinski definition) is 2. The Bertz CT molecular complexity index is 731. The van der Waals surface area contributed by atoms with Crippen LogP contribution in [0.5, 0.6) is 0 Å². The van der Waals surface area contributed by atoms with Gasteiger partial charge in [0, 0.05) is 24.5 Å². The average molecular weight is 353 g/mol. The van der Waals surface area contributed by atoms with Crippen LogP contribution in [0.2, 0.25) is 0 Å². The number of urea groups is 1. The predicted octanol–water partition coefficient (Wildman–Crippen LogP) is 3.48. The molecule has 6 nitrogen and oxygen atoms in total. The molecule has 2 amide bonds. The van der Waals surface area contributed by atoms with Crippen LogP contribution in [0.4, 0.5) is 10.5 Å². The van der Waals surface area contributed by atoms with E-state index in [4.69, 9.17) is 0 Å². The molecular formula is C20H27N5O. The lowest BCUT2D eigenvalue weighted by Crippen LogP contribution is -2.36. The van der Waals surface area contributed by atoms with Crippen LogP contribution in [0.15, 0.2) is 36.7 Å². The lowest BCUT2D eigenvalue weighted by Gasteiger charge is -2.33. The van der Waals surface area contributed by atoms with Crippen LogP contribution in [-0.4, -0.2) is 33.5 Å². The number of hydrogen-bond acceptors (Lipinski definition) is 4. The molecule has 2 aromatic rings. The average Bonchev–Trinajstić information content (AvgIpc) is 2.63. The Morgan fingerprint density at radius 1 is 1.27 bits per heavy atom. The molecule has 0 spiro atoms. The lowest BCUT2D eigenvalue weighted by molar-refractivity contribution is 0.152. The van der Waals surface area contributed by atoms with Crippen molar-refractivity contribution in [1.82, 2.24) is 20.2 Å². The van der Waals surface area contributed by atoms with E-state index in [0.29, 0.717) is 12.6 Å². The maximum absolute atomic E-state index is 12.1. The number of anilines is 1. The van der Waals surface area contributed by atoms with Gasteiger partial charge in [-0.3, -0.25) is 14.9 Å². The van der Waals surface area contributed by atoms with Crippen molar-refractivity contribution < 1.29 is 4.79 Å². The van der Waals surface area contributed by atoms with E-state index in [1.165, 1.54) is 24.8 Å². The molecule has 2 heterocycles. The molecule has 138 valence electrons. The largest absolute Gasteiger partial charge is 0.332 e. The SMILES string of the molecule is Cc1cnc(CNC(=O)Nc2cccc(CN3CCCC[C@H]3C)c2)cn1. The summed E-state index contributed by atoms with van der Waals surface area (Å²) in [7, 11) is 0. The summed E-state index contributed by atoms with van der Waals surface area (Å²) >= 11 is 0. The molecule has 0 radical (unpaired) electrons. The first-order chi connectivity index (χ1) is 12.6. The van der Waals surface area contributed by atoms with Crippen molar-refractivity contribution in [2.75, 3.05) is 11.9 Å². The molecule has 0 saturated carbocycles. The van der Waals surface area contributed by atoms with Gasteiger partial charge in [-0.2, -0.15) is 0 Å². The standard InChI is InChI=1S/C20H27N5O/c1-15-11-22-19(12-21-15)13-23-20(26)24-18-8-5-7-17(10-18)14-25-9-4-3-6-16(25)2/h5,7-8,10-12,16H,3-4,6,9,13-14H2,1-2H3,(H2,23,24,26)/t16-/m1/s1. The number of aromatic nitrogens is 2. The molecule has 1 atom stereocenters. The Balaban J connectivity index is 1.52. The fourth-order valence-corrected chi connectivity index (χ4v) is 3.23. The lowest BCUT2D eigenvalue weighted by atomic mass is 10.0. The van der Waals surface area contributed by atoms with Gasteiger partial charge in [-0.15, -0.1) is 0 Å². The summed E-state index contributed by atoms with van der Waals surface area (Å²) in [6.45, 7) is 6.61. The molecule has 26 heavy (non-hydrogen) atoms. The highest BCUT2D eigenvalue weighted by Crippen LogP contribution is 2.20. The number of carbonyl (C=O) groups is 1. The molecule has 2 N–H and O–H groups in total. The number of carbonyl (C=O) groups excluding carboxylic acids is 1. The van der Waals surface area contributed by atoms with E-state index in [2.05, 4.69) is 38.5 Å². The number of nitrogens with zero attached hydrogens (tertiary/aromatic N) is 3. The van der Waals surface area contributed by atoms with E-state index >= 15 is 0 Å². The van der Waals surface area contributed by atoms with Gasteiger partial charge in [0.05, 0.1) is 24.1 Å².